The standard InChI is InChI=1S/C22H18BrN3O6/c1-31-20-10-15(9-18(23)21(20)32-13-14-5-3-2-4-6-14)12-24-25-22(28)17-11-16(26(29)30)7-8-19(17)27/h2-12,27H,13H2,1H3,(H,25,28)/b24-12+. The van der Waals surface area contributed by atoms with E-state index in [0.29, 0.717) is 28.1 Å². The smallest absolute Gasteiger partial charge is 0.275 e. The van der Waals surface area contributed by atoms with E-state index in [9.17, 15) is 20.0 Å². The molecule has 10 heteroatoms. The van der Waals surface area contributed by atoms with Crippen molar-refractivity contribution in [2.45, 2.75) is 6.61 Å². The number of nitrogens with one attached hydrogen (secondary N) is 1. The highest BCUT2D eigenvalue weighted by molar-refractivity contribution is 9.10. The van der Waals surface area contributed by atoms with Gasteiger partial charge in [-0.05, 0) is 45.3 Å². The minimum Gasteiger partial charge on any atom is -0.507 e. The van der Waals surface area contributed by atoms with Crippen LogP contribution in [0.3, 0.4) is 0 Å². The Labute approximate surface area is 191 Å². The number of amides is 1. The van der Waals surface area contributed by atoms with Gasteiger partial charge in [0, 0.05) is 12.1 Å². The fourth-order valence-corrected chi connectivity index (χ4v) is 3.30. The highest BCUT2D eigenvalue weighted by Crippen LogP contribution is 2.36. The van der Waals surface area contributed by atoms with Crippen LogP contribution in [0.15, 0.2) is 70.2 Å². The number of phenols is 1. The van der Waals surface area contributed by atoms with Crippen molar-refractivity contribution in [1.82, 2.24) is 5.43 Å². The average Bonchev–Trinajstić information content (AvgIpc) is 2.78. The van der Waals surface area contributed by atoms with Crippen molar-refractivity contribution in [2.24, 2.45) is 5.10 Å². The minimum atomic E-state index is -0.795. The van der Waals surface area contributed by atoms with Crippen LogP contribution in [-0.4, -0.2) is 29.3 Å². The normalized spacial score (nSPS) is 10.7. The Kier molecular flexibility index (Phi) is 7.40. The number of benzene rings is 3. The van der Waals surface area contributed by atoms with E-state index < -0.39 is 16.6 Å². The molecule has 164 valence electrons. The molecule has 0 aromatic heterocycles. The predicted molar refractivity (Wildman–Crippen MR) is 121 cm³/mol. The second kappa shape index (κ2) is 10.4. The zero-order chi connectivity index (χ0) is 23.1. The van der Waals surface area contributed by atoms with E-state index in [0.717, 1.165) is 23.8 Å². The molecule has 3 rings (SSSR count). The third-order valence-corrected chi connectivity index (χ3v) is 4.88. The van der Waals surface area contributed by atoms with Crippen LogP contribution >= 0.6 is 15.9 Å². The number of hydrogen-bond acceptors (Lipinski definition) is 7. The van der Waals surface area contributed by atoms with Crippen LogP contribution in [0.1, 0.15) is 21.5 Å². The lowest BCUT2D eigenvalue weighted by Crippen LogP contribution is -2.18. The van der Waals surface area contributed by atoms with Crippen molar-refractivity contribution < 1.29 is 24.3 Å². The monoisotopic (exact) mass is 499 g/mol. The first kappa shape index (κ1) is 22.8. The first-order valence-electron chi connectivity index (χ1n) is 9.24. The number of carbonyl (C=O) groups excluding carboxylic acids is 1. The molecule has 0 bridgehead atoms. The van der Waals surface area contributed by atoms with E-state index in [1.165, 1.54) is 13.3 Å². The van der Waals surface area contributed by atoms with Crippen LogP contribution in [0.25, 0.3) is 0 Å². The van der Waals surface area contributed by atoms with Crippen molar-refractivity contribution in [2.75, 3.05) is 7.11 Å². The topological polar surface area (TPSA) is 123 Å². The summed E-state index contributed by atoms with van der Waals surface area (Å²) in [7, 11) is 1.50. The predicted octanol–water partition coefficient (Wildman–Crippen LogP) is 4.41. The van der Waals surface area contributed by atoms with Crippen molar-refractivity contribution >= 4 is 33.7 Å². The van der Waals surface area contributed by atoms with E-state index in [4.69, 9.17) is 9.47 Å². The van der Waals surface area contributed by atoms with Gasteiger partial charge in [-0.1, -0.05) is 30.3 Å². The molecule has 0 radical (unpaired) electrons. The summed E-state index contributed by atoms with van der Waals surface area (Å²) in [5.74, 6) is -0.220. The molecule has 0 spiro atoms. The molecule has 1 amide bonds. The number of hydrogen-bond donors (Lipinski definition) is 2. The van der Waals surface area contributed by atoms with Crippen LogP contribution in [0.2, 0.25) is 0 Å². The van der Waals surface area contributed by atoms with Gasteiger partial charge >= 0.3 is 0 Å². The summed E-state index contributed by atoms with van der Waals surface area (Å²) in [5.41, 5.74) is 3.23. The maximum absolute atomic E-state index is 12.2. The molecular formula is C22H18BrN3O6. The molecule has 0 fully saturated rings. The maximum Gasteiger partial charge on any atom is 0.275 e. The molecule has 0 saturated carbocycles. The van der Waals surface area contributed by atoms with Gasteiger partial charge in [0.1, 0.15) is 12.4 Å². The van der Waals surface area contributed by atoms with Crippen LogP contribution < -0.4 is 14.9 Å². The van der Waals surface area contributed by atoms with Gasteiger partial charge in [-0.25, -0.2) is 5.43 Å². The number of nitro benzene ring substituents is 1. The van der Waals surface area contributed by atoms with Crippen molar-refractivity contribution in [3.63, 3.8) is 0 Å². The van der Waals surface area contributed by atoms with Crippen LogP contribution in [0.5, 0.6) is 17.2 Å². The van der Waals surface area contributed by atoms with Gasteiger partial charge in [0.15, 0.2) is 11.5 Å². The summed E-state index contributed by atoms with van der Waals surface area (Å²) < 4.78 is 11.9. The summed E-state index contributed by atoms with van der Waals surface area (Å²) in [5, 5.41) is 24.5. The van der Waals surface area contributed by atoms with Gasteiger partial charge in [-0.2, -0.15) is 5.10 Å². The molecule has 2 N–H and O–H groups in total. The molecule has 0 aliphatic rings. The number of phenolic OH excluding ortho intramolecular Hbond substituents is 1. The molecule has 0 heterocycles. The van der Waals surface area contributed by atoms with E-state index in [-0.39, 0.29) is 11.3 Å². The molecule has 0 aliphatic carbocycles. The number of halogens is 1. The van der Waals surface area contributed by atoms with Crippen LogP contribution in [0.4, 0.5) is 5.69 Å². The largest absolute Gasteiger partial charge is 0.507 e. The van der Waals surface area contributed by atoms with Crippen molar-refractivity contribution in [3.05, 3.63) is 91.9 Å². The summed E-state index contributed by atoms with van der Waals surface area (Å²) in [6.07, 6.45) is 1.36. The number of nitro groups is 1. The minimum absolute atomic E-state index is 0.264. The number of non-ortho nitro benzene ring substituents is 1. The fourth-order valence-electron chi connectivity index (χ4n) is 2.73. The summed E-state index contributed by atoms with van der Waals surface area (Å²) in [4.78, 5) is 22.4. The van der Waals surface area contributed by atoms with E-state index in [1.807, 2.05) is 30.3 Å². The quantitative estimate of drug-likeness (QED) is 0.268. The SMILES string of the molecule is COc1cc(/C=N/NC(=O)c2cc([N+](=O)[O-])ccc2O)cc(Br)c1OCc1ccccc1. The van der Waals surface area contributed by atoms with Crippen molar-refractivity contribution in [3.8, 4) is 17.2 Å². The Bertz CT molecular complexity index is 1170. The van der Waals surface area contributed by atoms with Crippen LogP contribution in [-0.2, 0) is 6.61 Å². The van der Waals surface area contributed by atoms with E-state index in [2.05, 4.69) is 26.5 Å². The lowest BCUT2D eigenvalue weighted by atomic mass is 10.1. The number of ether oxygens (including phenoxy) is 2. The average molecular weight is 500 g/mol. The number of carbonyl (C=O) groups is 1. The van der Waals surface area contributed by atoms with E-state index in [1.54, 1.807) is 12.1 Å². The highest BCUT2D eigenvalue weighted by atomic mass is 79.9. The number of aromatic hydroxyl groups is 1. The van der Waals surface area contributed by atoms with Gasteiger partial charge in [-0.15, -0.1) is 0 Å². The van der Waals surface area contributed by atoms with E-state index >= 15 is 0 Å². The summed E-state index contributed by atoms with van der Waals surface area (Å²) in [6, 6.07) is 16.2. The second-order valence-electron chi connectivity index (χ2n) is 6.47. The molecule has 0 unspecified atom stereocenters. The van der Waals surface area contributed by atoms with Crippen molar-refractivity contribution in [1.29, 1.82) is 0 Å². The first-order chi connectivity index (χ1) is 15.4. The van der Waals surface area contributed by atoms with Crippen LogP contribution in [0, 0.1) is 10.1 Å². The summed E-state index contributed by atoms with van der Waals surface area (Å²) >= 11 is 3.45. The third kappa shape index (κ3) is 5.61. The van der Waals surface area contributed by atoms with Gasteiger partial charge in [0.25, 0.3) is 11.6 Å². The second-order valence-corrected chi connectivity index (χ2v) is 7.32. The van der Waals surface area contributed by atoms with Gasteiger partial charge in [0.05, 0.1) is 28.3 Å². The zero-order valence-corrected chi connectivity index (χ0v) is 18.4. The zero-order valence-electron chi connectivity index (χ0n) is 16.8. The molecule has 3 aromatic carbocycles. The Morgan fingerprint density at radius 1 is 1.22 bits per heavy atom. The molecule has 0 atom stereocenters. The van der Waals surface area contributed by atoms with Gasteiger partial charge < -0.3 is 14.6 Å². The number of hydrazone groups is 1. The lowest BCUT2D eigenvalue weighted by Gasteiger charge is -2.13. The highest BCUT2D eigenvalue weighted by Gasteiger charge is 2.16. The molecule has 9 nitrogen and oxygen atoms in total. The number of methoxy groups -OCH3 is 1. The number of nitrogens with zero attached hydrogens (tertiary/aromatic N) is 2. The third-order valence-electron chi connectivity index (χ3n) is 4.29. The Hall–Kier alpha value is -3.92. The Morgan fingerprint density at radius 2 is 1.97 bits per heavy atom. The molecule has 32 heavy (non-hydrogen) atoms. The first-order valence-corrected chi connectivity index (χ1v) is 10.0. The molecule has 3 aromatic rings. The maximum atomic E-state index is 12.2. The summed E-state index contributed by atoms with van der Waals surface area (Å²) in [6.45, 7) is 0.353. The Balaban J connectivity index is 1.72. The fraction of sp³-hybridized carbons (Fsp3) is 0.0909. The Morgan fingerprint density at radius 3 is 2.66 bits per heavy atom. The van der Waals surface area contributed by atoms with Gasteiger partial charge in [0.2, 0.25) is 0 Å². The molecule has 0 saturated heterocycles. The van der Waals surface area contributed by atoms with Gasteiger partial charge in [-0.3, -0.25) is 14.9 Å². The molecule has 0 aliphatic heterocycles. The number of rotatable bonds is 8. The lowest BCUT2D eigenvalue weighted by molar-refractivity contribution is -0.384. The molecular weight excluding hydrogens is 482 g/mol.